The zero-order valence-electron chi connectivity index (χ0n) is 10.6. The average molecular weight is 205 g/mol. The number of hydrogen-bond acceptors (Lipinski definition) is 2. The molecule has 2 N–H and O–H groups in total. The predicted octanol–water partition coefficient (Wildman–Crippen LogP) is 2.34. The van der Waals surface area contributed by atoms with Crippen molar-refractivity contribution in [3.05, 3.63) is 0 Å². The van der Waals surface area contributed by atoms with Crippen molar-refractivity contribution >= 4 is 5.91 Å². The zero-order chi connectivity index (χ0) is 12.0. The first kappa shape index (κ1) is 19.1. The van der Waals surface area contributed by atoms with Crippen molar-refractivity contribution in [2.24, 2.45) is 0 Å². The molecule has 1 amide bonds. The summed E-state index contributed by atoms with van der Waals surface area (Å²) in [5, 5.41) is 11.3. The highest BCUT2D eigenvalue weighted by Gasteiger charge is 2.05. The van der Waals surface area contributed by atoms with Crippen LogP contribution in [0.15, 0.2) is 0 Å². The van der Waals surface area contributed by atoms with E-state index in [0.29, 0.717) is 6.42 Å². The molecule has 0 aromatic heterocycles. The van der Waals surface area contributed by atoms with Crippen LogP contribution >= 0.6 is 0 Å². The normalized spacial score (nSPS) is 9.93. The van der Waals surface area contributed by atoms with E-state index in [9.17, 15) is 4.79 Å². The highest BCUT2D eigenvalue weighted by Crippen LogP contribution is 1.89. The van der Waals surface area contributed by atoms with Gasteiger partial charge in [-0.1, -0.05) is 41.5 Å². The zero-order valence-corrected chi connectivity index (χ0v) is 10.6. The van der Waals surface area contributed by atoms with Crippen molar-refractivity contribution in [1.82, 2.24) is 5.32 Å². The number of carbonyl (C=O) groups excluding carboxylic acids is 1. The molecular formula is C11H27NO2. The lowest BCUT2D eigenvalue weighted by Gasteiger charge is -2.12. The van der Waals surface area contributed by atoms with Crippen LogP contribution in [0.1, 0.15) is 54.4 Å². The van der Waals surface area contributed by atoms with Crippen molar-refractivity contribution in [1.29, 1.82) is 0 Å². The molecule has 14 heavy (non-hydrogen) atoms. The highest BCUT2D eigenvalue weighted by molar-refractivity contribution is 5.75. The van der Waals surface area contributed by atoms with E-state index in [4.69, 9.17) is 5.11 Å². The Kier molecular flexibility index (Phi) is 24.9. The van der Waals surface area contributed by atoms with E-state index in [1.54, 1.807) is 6.92 Å². The molecule has 0 rings (SSSR count). The smallest absolute Gasteiger partial charge is 0.220 e. The Hall–Kier alpha value is -0.570. The lowest BCUT2D eigenvalue weighted by molar-refractivity contribution is -0.121. The third kappa shape index (κ3) is 14.0. The third-order valence-corrected chi connectivity index (χ3v) is 1.40. The van der Waals surface area contributed by atoms with Crippen molar-refractivity contribution in [2.75, 3.05) is 6.61 Å². The van der Waals surface area contributed by atoms with Gasteiger partial charge in [0, 0.05) is 6.42 Å². The largest absolute Gasteiger partial charge is 0.394 e. The summed E-state index contributed by atoms with van der Waals surface area (Å²) in [6.07, 6.45) is 1.26. The van der Waals surface area contributed by atoms with Gasteiger partial charge in [0.2, 0.25) is 5.91 Å². The van der Waals surface area contributed by atoms with Crippen LogP contribution in [0.4, 0.5) is 0 Å². The Morgan fingerprint density at radius 1 is 1.21 bits per heavy atom. The second-order valence-electron chi connectivity index (χ2n) is 2.21. The third-order valence-electron chi connectivity index (χ3n) is 1.40. The summed E-state index contributed by atoms with van der Waals surface area (Å²) in [5.74, 6) is 0.000833. The molecule has 0 bridgehead atoms. The molecule has 0 radical (unpaired) electrons. The summed E-state index contributed by atoms with van der Waals surface area (Å²) in [7, 11) is 0. The van der Waals surface area contributed by atoms with Crippen molar-refractivity contribution < 1.29 is 9.90 Å². The highest BCUT2D eigenvalue weighted by atomic mass is 16.3. The quantitative estimate of drug-likeness (QED) is 0.740. The van der Waals surface area contributed by atoms with Gasteiger partial charge in [0.15, 0.2) is 0 Å². The number of aliphatic hydroxyl groups is 1. The standard InChI is InChI=1S/C7H15NO2.2C2H6/c1-3-6(5-9)8-7(10)4-2;2*1-2/h6,9H,3-5H2,1-2H3,(H,8,10);2*1-2H3. The number of nitrogens with one attached hydrogen (secondary N) is 1. The fraction of sp³-hybridized carbons (Fsp3) is 0.909. The van der Waals surface area contributed by atoms with Gasteiger partial charge >= 0.3 is 0 Å². The van der Waals surface area contributed by atoms with E-state index in [1.807, 2.05) is 34.6 Å². The molecule has 1 unspecified atom stereocenters. The van der Waals surface area contributed by atoms with Crippen LogP contribution in [0.3, 0.4) is 0 Å². The van der Waals surface area contributed by atoms with Gasteiger partial charge in [-0.25, -0.2) is 0 Å². The molecule has 88 valence electrons. The molecule has 3 nitrogen and oxygen atoms in total. The Morgan fingerprint density at radius 3 is 1.86 bits per heavy atom. The number of rotatable bonds is 4. The molecule has 0 aliphatic heterocycles. The number of aliphatic hydroxyl groups excluding tert-OH is 1. The van der Waals surface area contributed by atoms with Crippen molar-refractivity contribution in [3.63, 3.8) is 0 Å². The molecular weight excluding hydrogens is 178 g/mol. The van der Waals surface area contributed by atoms with Gasteiger partial charge in [0.05, 0.1) is 12.6 Å². The van der Waals surface area contributed by atoms with Crippen LogP contribution < -0.4 is 5.32 Å². The molecule has 0 spiro atoms. The minimum absolute atomic E-state index is 0.000833. The van der Waals surface area contributed by atoms with E-state index < -0.39 is 0 Å². The van der Waals surface area contributed by atoms with Gasteiger partial charge in [-0.05, 0) is 6.42 Å². The lowest BCUT2D eigenvalue weighted by Crippen LogP contribution is -2.36. The van der Waals surface area contributed by atoms with Crippen LogP contribution in [0.2, 0.25) is 0 Å². The number of hydrogen-bond donors (Lipinski definition) is 2. The predicted molar refractivity (Wildman–Crippen MR) is 62.3 cm³/mol. The van der Waals surface area contributed by atoms with Gasteiger partial charge in [-0.15, -0.1) is 0 Å². The summed E-state index contributed by atoms with van der Waals surface area (Å²) in [4.78, 5) is 10.7. The van der Waals surface area contributed by atoms with E-state index in [-0.39, 0.29) is 18.6 Å². The number of amides is 1. The Balaban J connectivity index is -0.000000266. The Labute approximate surface area is 88.9 Å². The summed E-state index contributed by atoms with van der Waals surface area (Å²) < 4.78 is 0. The first-order chi connectivity index (χ1) is 6.74. The molecule has 0 fully saturated rings. The summed E-state index contributed by atoms with van der Waals surface area (Å²) in [6.45, 7) is 11.7. The fourth-order valence-corrected chi connectivity index (χ4v) is 0.607. The lowest BCUT2D eigenvalue weighted by atomic mass is 10.2. The minimum Gasteiger partial charge on any atom is -0.394 e. The van der Waals surface area contributed by atoms with Crippen molar-refractivity contribution in [3.8, 4) is 0 Å². The van der Waals surface area contributed by atoms with E-state index in [1.165, 1.54) is 0 Å². The van der Waals surface area contributed by atoms with Crippen LogP contribution in [0.5, 0.6) is 0 Å². The molecule has 0 aliphatic carbocycles. The molecule has 0 aromatic rings. The van der Waals surface area contributed by atoms with E-state index >= 15 is 0 Å². The van der Waals surface area contributed by atoms with Crippen LogP contribution in [-0.4, -0.2) is 23.7 Å². The van der Waals surface area contributed by atoms with Crippen LogP contribution in [0.25, 0.3) is 0 Å². The van der Waals surface area contributed by atoms with E-state index in [0.717, 1.165) is 6.42 Å². The van der Waals surface area contributed by atoms with Crippen LogP contribution in [0, 0.1) is 0 Å². The van der Waals surface area contributed by atoms with E-state index in [2.05, 4.69) is 5.32 Å². The molecule has 0 saturated carbocycles. The topological polar surface area (TPSA) is 49.3 Å². The van der Waals surface area contributed by atoms with Gasteiger partial charge in [0.1, 0.15) is 0 Å². The Morgan fingerprint density at radius 2 is 1.64 bits per heavy atom. The summed E-state index contributed by atoms with van der Waals surface area (Å²) in [5.41, 5.74) is 0. The first-order valence-electron chi connectivity index (χ1n) is 5.64. The van der Waals surface area contributed by atoms with Gasteiger partial charge < -0.3 is 10.4 Å². The van der Waals surface area contributed by atoms with Crippen LogP contribution in [-0.2, 0) is 4.79 Å². The maximum Gasteiger partial charge on any atom is 0.220 e. The summed E-state index contributed by atoms with van der Waals surface area (Å²) in [6, 6.07) is -0.0625. The molecule has 0 heterocycles. The second kappa shape index (κ2) is 18.3. The minimum atomic E-state index is -0.0625. The maximum absolute atomic E-state index is 10.7. The molecule has 1 atom stereocenters. The summed E-state index contributed by atoms with van der Waals surface area (Å²) >= 11 is 0. The monoisotopic (exact) mass is 205 g/mol. The van der Waals surface area contributed by atoms with Gasteiger partial charge in [0.25, 0.3) is 0 Å². The SMILES string of the molecule is CC.CC.CCC(=O)NC(CC)CO. The fourth-order valence-electron chi connectivity index (χ4n) is 0.607. The average Bonchev–Trinajstić information content (AvgIpc) is 2.30. The molecule has 3 heteroatoms. The maximum atomic E-state index is 10.7. The van der Waals surface area contributed by atoms with Gasteiger partial charge in [-0.2, -0.15) is 0 Å². The first-order valence-corrected chi connectivity index (χ1v) is 5.64. The molecule has 0 saturated heterocycles. The Bertz CT molecular complexity index is 101. The second-order valence-corrected chi connectivity index (χ2v) is 2.21. The van der Waals surface area contributed by atoms with Crippen molar-refractivity contribution in [2.45, 2.75) is 60.4 Å². The van der Waals surface area contributed by atoms with Gasteiger partial charge in [-0.3, -0.25) is 4.79 Å². The molecule has 0 aliphatic rings. The number of carbonyl (C=O) groups is 1. The molecule has 0 aromatic carbocycles.